The summed E-state index contributed by atoms with van der Waals surface area (Å²) in [5.41, 5.74) is 1.50. The average molecular weight is 182 g/mol. The highest BCUT2D eigenvalue weighted by molar-refractivity contribution is 7.11. The van der Waals surface area contributed by atoms with E-state index in [1.54, 1.807) is 0 Å². The van der Waals surface area contributed by atoms with Gasteiger partial charge in [0, 0.05) is 4.88 Å². The zero-order valence-electron chi connectivity index (χ0n) is 7.09. The Balaban J connectivity index is 2.93. The maximum Gasteiger partial charge on any atom is 0.338 e. The Labute approximate surface area is 75.5 Å². The first-order valence-electron chi connectivity index (χ1n) is 3.48. The minimum atomic E-state index is -0.361. The lowest BCUT2D eigenvalue weighted by molar-refractivity contribution is -0.133. The van der Waals surface area contributed by atoms with Crippen LogP contribution in [0.25, 0.3) is 5.57 Å². The summed E-state index contributed by atoms with van der Waals surface area (Å²) in [5.74, 6) is -0.361. The molecule has 0 amide bonds. The van der Waals surface area contributed by atoms with E-state index in [0.29, 0.717) is 5.57 Å². The third-order valence-corrected chi connectivity index (χ3v) is 2.64. The summed E-state index contributed by atoms with van der Waals surface area (Å²) in [5, 5.41) is 1.93. The number of rotatable bonds is 2. The van der Waals surface area contributed by atoms with Crippen LogP contribution in [-0.4, -0.2) is 13.1 Å². The molecule has 0 radical (unpaired) electrons. The van der Waals surface area contributed by atoms with Gasteiger partial charge in [0.1, 0.15) is 0 Å². The number of ether oxygens (including phenoxy) is 1. The molecule has 0 saturated heterocycles. The third kappa shape index (κ3) is 1.56. The van der Waals surface area contributed by atoms with Crippen LogP contribution in [-0.2, 0) is 9.53 Å². The Kier molecular flexibility index (Phi) is 2.65. The standard InChI is InChI=1S/C9H10O2S/c1-6-4-5-12-8(6)7(2)9(10)11-3/h4-5H,2H2,1,3H3. The largest absolute Gasteiger partial charge is 0.465 e. The van der Waals surface area contributed by atoms with Gasteiger partial charge in [-0.05, 0) is 23.9 Å². The van der Waals surface area contributed by atoms with Crippen molar-refractivity contribution >= 4 is 22.9 Å². The molecule has 0 aromatic carbocycles. The molecule has 1 aromatic heterocycles. The Bertz CT molecular complexity index is 312. The van der Waals surface area contributed by atoms with Crippen molar-refractivity contribution in [2.75, 3.05) is 7.11 Å². The SMILES string of the molecule is C=C(C(=O)OC)c1sccc1C. The molecule has 12 heavy (non-hydrogen) atoms. The molecule has 0 spiro atoms. The topological polar surface area (TPSA) is 26.3 Å². The molecule has 0 aliphatic carbocycles. The molecule has 1 aromatic rings. The van der Waals surface area contributed by atoms with Crippen molar-refractivity contribution in [2.45, 2.75) is 6.92 Å². The fraction of sp³-hybridized carbons (Fsp3) is 0.222. The average Bonchev–Trinajstić information content (AvgIpc) is 2.48. The first kappa shape index (κ1) is 9.00. The number of carbonyl (C=O) groups excluding carboxylic acids is 1. The van der Waals surface area contributed by atoms with Gasteiger partial charge in [-0.1, -0.05) is 6.58 Å². The van der Waals surface area contributed by atoms with Gasteiger partial charge in [0.05, 0.1) is 12.7 Å². The predicted octanol–water partition coefficient (Wildman–Crippen LogP) is 2.24. The van der Waals surface area contributed by atoms with Crippen LogP contribution in [0.2, 0.25) is 0 Å². The van der Waals surface area contributed by atoms with Crippen molar-refractivity contribution in [3.63, 3.8) is 0 Å². The van der Waals surface area contributed by atoms with Crippen molar-refractivity contribution in [3.8, 4) is 0 Å². The molecule has 3 heteroatoms. The zero-order chi connectivity index (χ0) is 9.14. The van der Waals surface area contributed by atoms with E-state index in [1.807, 2.05) is 18.4 Å². The molecule has 0 saturated carbocycles. The van der Waals surface area contributed by atoms with Crippen LogP contribution in [0, 0.1) is 6.92 Å². The van der Waals surface area contributed by atoms with Crippen LogP contribution >= 0.6 is 11.3 Å². The van der Waals surface area contributed by atoms with Gasteiger partial charge in [-0.15, -0.1) is 11.3 Å². The van der Waals surface area contributed by atoms with Crippen molar-refractivity contribution in [3.05, 3.63) is 28.5 Å². The molecule has 0 fully saturated rings. The fourth-order valence-electron chi connectivity index (χ4n) is 0.898. The summed E-state index contributed by atoms with van der Waals surface area (Å²) in [6.45, 7) is 5.61. The molecule has 1 rings (SSSR count). The van der Waals surface area contributed by atoms with Gasteiger partial charge in [-0.2, -0.15) is 0 Å². The van der Waals surface area contributed by atoms with E-state index in [2.05, 4.69) is 11.3 Å². The quantitative estimate of drug-likeness (QED) is 0.518. The van der Waals surface area contributed by atoms with E-state index < -0.39 is 0 Å². The van der Waals surface area contributed by atoms with Crippen molar-refractivity contribution in [2.24, 2.45) is 0 Å². The summed E-state index contributed by atoms with van der Waals surface area (Å²) in [6, 6.07) is 1.95. The highest BCUT2D eigenvalue weighted by atomic mass is 32.1. The van der Waals surface area contributed by atoms with Crippen LogP contribution in [0.15, 0.2) is 18.0 Å². The number of carbonyl (C=O) groups is 1. The zero-order valence-corrected chi connectivity index (χ0v) is 7.90. The molecular weight excluding hydrogens is 172 g/mol. The molecule has 0 atom stereocenters. The van der Waals surface area contributed by atoms with Gasteiger partial charge in [0.15, 0.2) is 0 Å². The fourth-order valence-corrected chi connectivity index (χ4v) is 1.79. The van der Waals surface area contributed by atoms with Gasteiger partial charge in [0.25, 0.3) is 0 Å². The second-order valence-corrected chi connectivity index (χ2v) is 3.32. The Morgan fingerprint density at radius 2 is 2.33 bits per heavy atom. The lowest BCUT2D eigenvalue weighted by atomic mass is 10.2. The molecule has 0 N–H and O–H groups in total. The van der Waals surface area contributed by atoms with Gasteiger partial charge >= 0.3 is 5.97 Å². The maximum atomic E-state index is 11.0. The number of esters is 1. The van der Waals surface area contributed by atoms with Crippen LogP contribution < -0.4 is 0 Å². The first-order valence-corrected chi connectivity index (χ1v) is 4.36. The minimum Gasteiger partial charge on any atom is -0.465 e. The van der Waals surface area contributed by atoms with E-state index in [0.717, 1.165) is 10.4 Å². The van der Waals surface area contributed by atoms with Crippen LogP contribution in [0.1, 0.15) is 10.4 Å². The molecule has 2 nitrogen and oxygen atoms in total. The van der Waals surface area contributed by atoms with Crippen LogP contribution in [0.3, 0.4) is 0 Å². The highest BCUT2D eigenvalue weighted by Crippen LogP contribution is 2.23. The van der Waals surface area contributed by atoms with Crippen LogP contribution in [0.4, 0.5) is 0 Å². The number of hydrogen-bond donors (Lipinski definition) is 0. The Morgan fingerprint density at radius 1 is 1.67 bits per heavy atom. The third-order valence-electron chi connectivity index (χ3n) is 1.57. The van der Waals surface area contributed by atoms with Gasteiger partial charge in [-0.25, -0.2) is 4.79 Å². The van der Waals surface area contributed by atoms with Crippen molar-refractivity contribution in [1.29, 1.82) is 0 Å². The lowest BCUT2D eigenvalue weighted by Gasteiger charge is -2.00. The summed E-state index contributed by atoms with van der Waals surface area (Å²) in [7, 11) is 1.36. The minimum absolute atomic E-state index is 0.361. The second-order valence-electron chi connectivity index (χ2n) is 2.40. The van der Waals surface area contributed by atoms with E-state index in [-0.39, 0.29) is 5.97 Å². The van der Waals surface area contributed by atoms with E-state index in [1.165, 1.54) is 18.4 Å². The predicted molar refractivity (Wildman–Crippen MR) is 50.1 cm³/mol. The number of methoxy groups -OCH3 is 1. The van der Waals surface area contributed by atoms with E-state index >= 15 is 0 Å². The van der Waals surface area contributed by atoms with E-state index in [9.17, 15) is 4.79 Å². The Morgan fingerprint density at radius 3 is 2.75 bits per heavy atom. The lowest BCUT2D eigenvalue weighted by Crippen LogP contribution is -2.01. The van der Waals surface area contributed by atoms with Crippen molar-refractivity contribution < 1.29 is 9.53 Å². The second kappa shape index (κ2) is 3.54. The van der Waals surface area contributed by atoms with Crippen molar-refractivity contribution in [1.82, 2.24) is 0 Å². The number of hydrogen-bond acceptors (Lipinski definition) is 3. The van der Waals surface area contributed by atoms with Gasteiger partial charge < -0.3 is 4.74 Å². The monoisotopic (exact) mass is 182 g/mol. The number of aryl methyl sites for hydroxylation is 1. The molecule has 0 unspecified atom stereocenters. The summed E-state index contributed by atoms with van der Waals surface area (Å²) in [6.07, 6.45) is 0. The van der Waals surface area contributed by atoms with E-state index in [4.69, 9.17) is 0 Å². The molecule has 0 aliphatic heterocycles. The van der Waals surface area contributed by atoms with Gasteiger partial charge in [0.2, 0.25) is 0 Å². The normalized spacial score (nSPS) is 9.50. The molecule has 0 aliphatic rings. The summed E-state index contributed by atoms with van der Waals surface area (Å²) >= 11 is 1.50. The highest BCUT2D eigenvalue weighted by Gasteiger charge is 2.12. The summed E-state index contributed by atoms with van der Waals surface area (Å²) < 4.78 is 4.56. The first-order chi connectivity index (χ1) is 5.66. The molecular formula is C9H10O2S. The Hall–Kier alpha value is -1.09. The molecule has 1 heterocycles. The van der Waals surface area contributed by atoms with Gasteiger partial charge in [-0.3, -0.25) is 0 Å². The van der Waals surface area contributed by atoms with Crippen LogP contribution in [0.5, 0.6) is 0 Å². The molecule has 64 valence electrons. The maximum absolute atomic E-state index is 11.0. The smallest absolute Gasteiger partial charge is 0.338 e. The molecule has 0 bridgehead atoms. The summed E-state index contributed by atoms with van der Waals surface area (Å²) in [4.78, 5) is 12.0. The number of thiophene rings is 1.